The third kappa shape index (κ3) is 8.08. The molecule has 1 N–H and O–H groups in total. The van der Waals surface area contributed by atoms with Crippen molar-refractivity contribution in [2.75, 3.05) is 26.9 Å². The number of hydrogen-bond donors (Lipinski definition) is 1. The smallest absolute Gasteiger partial charge is 0.0629 e. The predicted octanol–water partition coefficient (Wildman–Crippen LogP) is 2.45. The lowest BCUT2D eigenvalue weighted by molar-refractivity contribution is -0.0226. The largest absolute Gasteiger partial charge is 0.385 e. The fourth-order valence-corrected chi connectivity index (χ4v) is 1.53. The molecule has 0 aliphatic carbocycles. The predicted molar refractivity (Wildman–Crippen MR) is 68.8 cm³/mol. The minimum absolute atomic E-state index is 0.0609. The number of ether oxygens (including phenoxy) is 2. The third-order valence-electron chi connectivity index (χ3n) is 2.63. The second-order valence-electron chi connectivity index (χ2n) is 5.35. The van der Waals surface area contributed by atoms with Crippen molar-refractivity contribution in [3.63, 3.8) is 0 Å². The number of hydrogen-bond acceptors (Lipinski definition) is 3. The Hall–Kier alpha value is -0.120. The van der Waals surface area contributed by atoms with Crippen molar-refractivity contribution in [2.45, 2.75) is 52.7 Å². The van der Waals surface area contributed by atoms with E-state index < -0.39 is 0 Å². The molecule has 16 heavy (non-hydrogen) atoms. The molecule has 2 atom stereocenters. The van der Waals surface area contributed by atoms with Gasteiger partial charge < -0.3 is 14.8 Å². The van der Waals surface area contributed by atoms with Crippen LogP contribution in [0.1, 0.15) is 41.0 Å². The lowest BCUT2D eigenvalue weighted by Crippen LogP contribution is -2.41. The lowest BCUT2D eigenvalue weighted by Gasteiger charge is -2.28. The van der Waals surface area contributed by atoms with E-state index in [1.54, 1.807) is 7.11 Å². The van der Waals surface area contributed by atoms with Gasteiger partial charge in [-0.2, -0.15) is 0 Å². The second-order valence-corrected chi connectivity index (χ2v) is 5.35. The van der Waals surface area contributed by atoms with Gasteiger partial charge in [-0.15, -0.1) is 0 Å². The first-order chi connectivity index (χ1) is 7.40. The van der Waals surface area contributed by atoms with Crippen molar-refractivity contribution in [3.8, 4) is 0 Å². The molecule has 0 amide bonds. The maximum atomic E-state index is 5.84. The summed E-state index contributed by atoms with van der Waals surface area (Å²) in [6, 6.07) is 0.416. The van der Waals surface area contributed by atoms with Gasteiger partial charge in [0.15, 0.2) is 0 Å². The molecule has 0 fully saturated rings. The minimum Gasteiger partial charge on any atom is -0.385 e. The van der Waals surface area contributed by atoms with Crippen molar-refractivity contribution in [2.24, 2.45) is 5.92 Å². The molecule has 0 aliphatic heterocycles. The first-order valence-electron chi connectivity index (χ1n) is 6.27. The van der Waals surface area contributed by atoms with Crippen molar-refractivity contribution in [1.82, 2.24) is 5.32 Å². The summed E-state index contributed by atoms with van der Waals surface area (Å²) in [5.41, 5.74) is -0.0609. The zero-order valence-electron chi connectivity index (χ0n) is 11.8. The van der Waals surface area contributed by atoms with Crippen LogP contribution in [0.15, 0.2) is 0 Å². The SMILES string of the molecule is CCNC(COC(C)(C)C)C(C)CCOC. The highest BCUT2D eigenvalue weighted by Gasteiger charge is 2.19. The monoisotopic (exact) mass is 231 g/mol. The third-order valence-corrected chi connectivity index (χ3v) is 2.63. The average Bonchev–Trinajstić information content (AvgIpc) is 2.19. The van der Waals surface area contributed by atoms with Crippen LogP contribution in [0, 0.1) is 5.92 Å². The second kappa shape index (κ2) is 8.04. The van der Waals surface area contributed by atoms with Gasteiger partial charge in [-0.3, -0.25) is 0 Å². The topological polar surface area (TPSA) is 30.5 Å². The molecule has 0 heterocycles. The van der Waals surface area contributed by atoms with E-state index in [0.717, 1.165) is 26.2 Å². The molecule has 98 valence electrons. The van der Waals surface area contributed by atoms with Crippen LogP contribution in [0.2, 0.25) is 0 Å². The van der Waals surface area contributed by atoms with Crippen LogP contribution < -0.4 is 5.32 Å². The molecule has 0 saturated carbocycles. The molecule has 0 aromatic rings. The summed E-state index contributed by atoms with van der Waals surface area (Å²) in [5.74, 6) is 0.572. The maximum absolute atomic E-state index is 5.84. The number of rotatable bonds is 8. The molecule has 3 nitrogen and oxygen atoms in total. The molecule has 0 aromatic carbocycles. The first-order valence-corrected chi connectivity index (χ1v) is 6.27. The van der Waals surface area contributed by atoms with E-state index >= 15 is 0 Å². The Morgan fingerprint density at radius 1 is 1.25 bits per heavy atom. The van der Waals surface area contributed by atoms with Crippen molar-refractivity contribution >= 4 is 0 Å². The summed E-state index contributed by atoms with van der Waals surface area (Å²) in [4.78, 5) is 0. The highest BCUT2D eigenvalue weighted by Crippen LogP contribution is 2.13. The van der Waals surface area contributed by atoms with Crippen LogP contribution in [0.4, 0.5) is 0 Å². The van der Waals surface area contributed by atoms with Gasteiger partial charge in [0.25, 0.3) is 0 Å². The van der Waals surface area contributed by atoms with Crippen LogP contribution >= 0.6 is 0 Å². The molecular formula is C13H29NO2. The van der Waals surface area contributed by atoms with Gasteiger partial charge in [-0.1, -0.05) is 13.8 Å². The standard InChI is InChI=1S/C13H29NO2/c1-7-14-12(10-16-13(3,4)5)11(2)8-9-15-6/h11-12,14H,7-10H2,1-6H3. The van der Waals surface area contributed by atoms with Gasteiger partial charge in [0.1, 0.15) is 0 Å². The van der Waals surface area contributed by atoms with Crippen LogP contribution in [0.25, 0.3) is 0 Å². The zero-order valence-corrected chi connectivity index (χ0v) is 11.8. The molecule has 2 unspecified atom stereocenters. The number of methoxy groups -OCH3 is 1. The molecule has 0 saturated heterocycles. The molecular weight excluding hydrogens is 202 g/mol. The highest BCUT2D eigenvalue weighted by atomic mass is 16.5. The Labute approximate surface area is 101 Å². The Balaban J connectivity index is 4.04. The maximum Gasteiger partial charge on any atom is 0.0629 e. The van der Waals surface area contributed by atoms with Gasteiger partial charge in [0, 0.05) is 19.8 Å². The lowest BCUT2D eigenvalue weighted by atomic mass is 9.99. The molecule has 3 heteroatoms. The Morgan fingerprint density at radius 2 is 1.88 bits per heavy atom. The van der Waals surface area contributed by atoms with E-state index in [9.17, 15) is 0 Å². The number of likely N-dealkylation sites (N-methyl/N-ethyl adjacent to an activating group) is 1. The Bertz CT molecular complexity index is 166. The molecule has 0 radical (unpaired) electrons. The summed E-state index contributed by atoms with van der Waals surface area (Å²) in [5, 5.41) is 3.48. The van der Waals surface area contributed by atoms with E-state index in [2.05, 4.69) is 39.9 Å². The van der Waals surface area contributed by atoms with Crippen LogP contribution in [-0.4, -0.2) is 38.5 Å². The van der Waals surface area contributed by atoms with Gasteiger partial charge >= 0.3 is 0 Å². The van der Waals surface area contributed by atoms with E-state index in [-0.39, 0.29) is 5.60 Å². The van der Waals surface area contributed by atoms with Gasteiger partial charge in [0.05, 0.1) is 12.2 Å². The van der Waals surface area contributed by atoms with E-state index in [1.807, 2.05) is 0 Å². The fraction of sp³-hybridized carbons (Fsp3) is 1.00. The summed E-state index contributed by atoms with van der Waals surface area (Å²) in [6.07, 6.45) is 1.07. The highest BCUT2D eigenvalue weighted by molar-refractivity contribution is 4.74. The normalized spacial score (nSPS) is 16.1. The van der Waals surface area contributed by atoms with E-state index in [1.165, 1.54) is 0 Å². The molecule has 0 spiro atoms. The molecule has 0 bridgehead atoms. The van der Waals surface area contributed by atoms with Gasteiger partial charge in [0.2, 0.25) is 0 Å². The molecule has 0 rings (SSSR count). The van der Waals surface area contributed by atoms with Gasteiger partial charge in [-0.05, 0) is 39.7 Å². The first kappa shape index (κ1) is 15.9. The van der Waals surface area contributed by atoms with E-state index in [0.29, 0.717) is 12.0 Å². The van der Waals surface area contributed by atoms with Crippen LogP contribution in [0.5, 0.6) is 0 Å². The summed E-state index contributed by atoms with van der Waals surface area (Å²) in [7, 11) is 1.75. The van der Waals surface area contributed by atoms with E-state index in [4.69, 9.17) is 9.47 Å². The molecule has 0 aliphatic rings. The summed E-state index contributed by atoms with van der Waals surface area (Å²) in [6.45, 7) is 13.2. The van der Waals surface area contributed by atoms with Crippen molar-refractivity contribution in [3.05, 3.63) is 0 Å². The van der Waals surface area contributed by atoms with Crippen molar-refractivity contribution < 1.29 is 9.47 Å². The van der Waals surface area contributed by atoms with Gasteiger partial charge in [-0.25, -0.2) is 0 Å². The van der Waals surface area contributed by atoms with Crippen LogP contribution in [0.3, 0.4) is 0 Å². The van der Waals surface area contributed by atoms with Crippen LogP contribution in [-0.2, 0) is 9.47 Å². The quantitative estimate of drug-likeness (QED) is 0.696. The fourth-order valence-electron chi connectivity index (χ4n) is 1.53. The number of nitrogens with one attached hydrogen (secondary N) is 1. The molecule has 0 aromatic heterocycles. The average molecular weight is 231 g/mol. The Kier molecular flexibility index (Phi) is 7.98. The minimum atomic E-state index is -0.0609. The zero-order chi connectivity index (χ0) is 12.6. The van der Waals surface area contributed by atoms with Crippen molar-refractivity contribution in [1.29, 1.82) is 0 Å². The summed E-state index contributed by atoms with van der Waals surface area (Å²) < 4.78 is 11.0. The Morgan fingerprint density at radius 3 is 2.31 bits per heavy atom. The summed E-state index contributed by atoms with van der Waals surface area (Å²) >= 11 is 0.